The zero-order valence-corrected chi connectivity index (χ0v) is 16.3. The Morgan fingerprint density at radius 2 is 2.14 bits per heavy atom. The van der Waals surface area contributed by atoms with Gasteiger partial charge in [0.25, 0.3) is 11.6 Å². The summed E-state index contributed by atoms with van der Waals surface area (Å²) < 4.78 is 8.31. The Balaban J connectivity index is 1.94. The number of methoxy groups -OCH3 is 1. The fraction of sp³-hybridized carbons (Fsp3) is 0.200. The van der Waals surface area contributed by atoms with Gasteiger partial charge in [0.1, 0.15) is 5.75 Å². The summed E-state index contributed by atoms with van der Waals surface area (Å²) in [5.41, 5.74) is 1.52. The number of ether oxygens (including phenoxy) is 1. The van der Waals surface area contributed by atoms with E-state index in [1.165, 1.54) is 35.6 Å². The second kappa shape index (κ2) is 8.62. The summed E-state index contributed by atoms with van der Waals surface area (Å²) >= 11 is 1.44. The number of aromatic nitrogens is 1. The molecule has 3 aromatic rings. The van der Waals surface area contributed by atoms with Gasteiger partial charge in [0, 0.05) is 30.8 Å². The van der Waals surface area contributed by atoms with Gasteiger partial charge in [0.2, 0.25) is 0 Å². The fourth-order valence-corrected chi connectivity index (χ4v) is 3.78. The average molecular weight is 397 g/mol. The summed E-state index contributed by atoms with van der Waals surface area (Å²) in [6.07, 6.45) is 3.74. The standard InChI is InChI=1S/C20H19N3O4S/c1-3-11-22-17-13-16(27-2)8-9-18(17)28-20(22)21-19(24)10-7-14-5-4-6-15(12-14)23(25)26/h4-10,12-13H,3,11H2,1-2H3/b10-7+,21-20?. The highest BCUT2D eigenvalue weighted by Crippen LogP contribution is 2.23. The maximum Gasteiger partial charge on any atom is 0.272 e. The number of amides is 1. The third-order valence-electron chi connectivity index (χ3n) is 4.04. The first kappa shape index (κ1) is 19.5. The lowest BCUT2D eigenvalue weighted by molar-refractivity contribution is -0.384. The highest BCUT2D eigenvalue weighted by Gasteiger charge is 2.08. The van der Waals surface area contributed by atoms with Gasteiger partial charge in [0.05, 0.1) is 22.2 Å². The van der Waals surface area contributed by atoms with Crippen molar-refractivity contribution in [3.8, 4) is 5.75 Å². The summed E-state index contributed by atoms with van der Waals surface area (Å²) in [6.45, 7) is 2.79. The van der Waals surface area contributed by atoms with Gasteiger partial charge in [-0.2, -0.15) is 4.99 Å². The fourth-order valence-electron chi connectivity index (χ4n) is 2.74. The van der Waals surface area contributed by atoms with Crippen molar-refractivity contribution in [1.82, 2.24) is 4.57 Å². The van der Waals surface area contributed by atoms with E-state index < -0.39 is 10.8 Å². The number of fused-ring (bicyclic) bond motifs is 1. The van der Waals surface area contributed by atoms with Crippen LogP contribution in [0.25, 0.3) is 16.3 Å². The van der Waals surface area contributed by atoms with Crippen molar-refractivity contribution >= 4 is 39.2 Å². The molecule has 0 atom stereocenters. The third kappa shape index (κ3) is 4.34. The number of nitro benzene ring substituents is 1. The summed E-state index contributed by atoms with van der Waals surface area (Å²) in [7, 11) is 1.62. The van der Waals surface area contributed by atoms with E-state index in [9.17, 15) is 14.9 Å². The number of non-ortho nitro benzene ring substituents is 1. The van der Waals surface area contributed by atoms with E-state index in [1.54, 1.807) is 19.2 Å². The first-order valence-corrected chi connectivity index (χ1v) is 9.52. The molecule has 1 aromatic heterocycles. The highest BCUT2D eigenvalue weighted by atomic mass is 32.1. The van der Waals surface area contributed by atoms with Crippen molar-refractivity contribution in [1.29, 1.82) is 0 Å². The topological polar surface area (TPSA) is 86.7 Å². The molecule has 0 bridgehead atoms. The number of hydrogen-bond acceptors (Lipinski definition) is 5. The van der Waals surface area contributed by atoms with Crippen LogP contribution in [0.15, 0.2) is 53.5 Å². The Kier molecular flexibility index (Phi) is 6.00. The van der Waals surface area contributed by atoms with Gasteiger partial charge < -0.3 is 9.30 Å². The number of carbonyl (C=O) groups excluding carboxylic acids is 1. The molecule has 28 heavy (non-hydrogen) atoms. The van der Waals surface area contributed by atoms with E-state index in [0.717, 1.165) is 28.9 Å². The number of nitrogens with zero attached hydrogens (tertiary/aromatic N) is 3. The van der Waals surface area contributed by atoms with E-state index in [-0.39, 0.29) is 5.69 Å². The van der Waals surface area contributed by atoms with Gasteiger partial charge >= 0.3 is 0 Å². The molecule has 0 unspecified atom stereocenters. The number of thiazole rings is 1. The van der Waals surface area contributed by atoms with Crippen LogP contribution in [-0.4, -0.2) is 22.5 Å². The Labute approximate surface area is 165 Å². The lowest BCUT2D eigenvalue weighted by Gasteiger charge is -2.04. The van der Waals surface area contributed by atoms with Gasteiger partial charge in [-0.15, -0.1) is 0 Å². The number of carbonyl (C=O) groups is 1. The normalized spacial score (nSPS) is 12.0. The monoisotopic (exact) mass is 397 g/mol. The Morgan fingerprint density at radius 3 is 2.86 bits per heavy atom. The minimum atomic E-state index is -0.470. The molecule has 0 saturated carbocycles. The van der Waals surface area contributed by atoms with Crippen LogP contribution < -0.4 is 9.54 Å². The number of aryl methyl sites for hydroxylation is 1. The minimum absolute atomic E-state index is 0.0224. The van der Waals surface area contributed by atoms with Gasteiger partial charge in [-0.1, -0.05) is 30.4 Å². The summed E-state index contributed by atoms with van der Waals surface area (Å²) in [4.78, 5) is 27.6. The minimum Gasteiger partial charge on any atom is -0.497 e. The van der Waals surface area contributed by atoms with E-state index in [4.69, 9.17) is 4.74 Å². The highest BCUT2D eigenvalue weighted by molar-refractivity contribution is 7.16. The van der Waals surface area contributed by atoms with Crippen molar-refractivity contribution in [3.05, 3.63) is 69.0 Å². The molecular formula is C20H19N3O4S. The van der Waals surface area contributed by atoms with E-state index in [1.807, 2.05) is 22.8 Å². The zero-order chi connectivity index (χ0) is 20.1. The summed E-state index contributed by atoms with van der Waals surface area (Å²) in [6, 6.07) is 11.9. The van der Waals surface area contributed by atoms with Crippen LogP contribution in [0.4, 0.5) is 5.69 Å². The van der Waals surface area contributed by atoms with Crippen LogP contribution in [-0.2, 0) is 11.3 Å². The molecule has 0 spiro atoms. The van der Waals surface area contributed by atoms with Gasteiger partial charge in [-0.05, 0) is 30.2 Å². The van der Waals surface area contributed by atoms with E-state index in [0.29, 0.717) is 10.4 Å². The van der Waals surface area contributed by atoms with Crippen molar-refractivity contribution in [2.45, 2.75) is 19.9 Å². The molecule has 0 N–H and O–H groups in total. The van der Waals surface area contributed by atoms with Crippen LogP contribution in [0.1, 0.15) is 18.9 Å². The van der Waals surface area contributed by atoms with Gasteiger partial charge in [0.15, 0.2) is 4.80 Å². The Bertz CT molecular complexity index is 1130. The van der Waals surface area contributed by atoms with Crippen LogP contribution >= 0.6 is 11.3 Å². The zero-order valence-electron chi connectivity index (χ0n) is 15.5. The molecule has 0 fully saturated rings. The van der Waals surface area contributed by atoms with Crippen molar-refractivity contribution < 1.29 is 14.5 Å². The van der Waals surface area contributed by atoms with E-state index in [2.05, 4.69) is 11.9 Å². The molecule has 7 nitrogen and oxygen atoms in total. The SMILES string of the molecule is CCCn1c(=NC(=O)/C=C/c2cccc([N+](=O)[O-])c2)sc2ccc(OC)cc21. The number of hydrogen-bond donors (Lipinski definition) is 0. The first-order chi connectivity index (χ1) is 13.5. The smallest absolute Gasteiger partial charge is 0.272 e. The number of nitro groups is 1. The molecule has 2 aromatic carbocycles. The van der Waals surface area contributed by atoms with Crippen LogP contribution in [0.5, 0.6) is 5.75 Å². The molecule has 0 radical (unpaired) electrons. The molecule has 1 amide bonds. The van der Waals surface area contributed by atoms with Gasteiger partial charge in [-0.25, -0.2) is 0 Å². The largest absolute Gasteiger partial charge is 0.497 e. The molecule has 8 heteroatoms. The predicted molar refractivity (Wildman–Crippen MR) is 109 cm³/mol. The maximum atomic E-state index is 12.3. The summed E-state index contributed by atoms with van der Waals surface area (Å²) in [5, 5.41) is 10.8. The second-order valence-electron chi connectivity index (χ2n) is 6.01. The molecule has 0 aliphatic heterocycles. The van der Waals surface area contributed by atoms with Crippen molar-refractivity contribution in [3.63, 3.8) is 0 Å². The quantitative estimate of drug-likeness (QED) is 0.355. The predicted octanol–water partition coefficient (Wildman–Crippen LogP) is 4.17. The molecular weight excluding hydrogens is 378 g/mol. The number of benzene rings is 2. The second-order valence-corrected chi connectivity index (χ2v) is 7.01. The molecule has 144 valence electrons. The third-order valence-corrected chi connectivity index (χ3v) is 5.10. The van der Waals surface area contributed by atoms with Crippen LogP contribution in [0, 0.1) is 10.1 Å². The van der Waals surface area contributed by atoms with Crippen molar-refractivity contribution in [2.75, 3.05) is 7.11 Å². The molecule has 3 rings (SSSR count). The lowest BCUT2D eigenvalue weighted by atomic mass is 10.2. The molecule has 1 heterocycles. The van der Waals surface area contributed by atoms with E-state index >= 15 is 0 Å². The van der Waals surface area contributed by atoms with Gasteiger partial charge in [-0.3, -0.25) is 14.9 Å². The molecule has 0 saturated heterocycles. The number of rotatable bonds is 6. The summed E-state index contributed by atoms with van der Waals surface area (Å²) in [5.74, 6) is 0.327. The first-order valence-electron chi connectivity index (χ1n) is 8.70. The molecule has 0 aliphatic carbocycles. The van der Waals surface area contributed by atoms with Crippen LogP contribution in [0.3, 0.4) is 0 Å². The average Bonchev–Trinajstić information content (AvgIpc) is 3.03. The Hall–Kier alpha value is -3.26. The lowest BCUT2D eigenvalue weighted by Crippen LogP contribution is -2.16. The molecule has 0 aliphatic rings. The van der Waals surface area contributed by atoms with Crippen LogP contribution in [0.2, 0.25) is 0 Å². The van der Waals surface area contributed by atoms with Crippen molar-refractivity contribution in [2.24, 2.45) is 4.99 Å². The maximum absolute atomic E-state index is 12.3. The Morgan fingerprint density at radius 1 is 1.32 bits per heavy atom.